The summed E-state index contributed by atoms with van der Waals surface area (Å²) in [5.41, 5.74) is 3.11. The number of hydrogen-bond donors (Lipinski definition) is 0. The third-order valence-corrected chi connectivity index (χ3v) is 6.24. The molecule has 27 heavy (non-hydrogen) atoms. The van der Waals surface area contributed by atoms with E-state index in [4.69, 9.17) is 9.26 Å². The van der Waals surface area contributed by atoms with Crippen LogP contribution in [0.2, 0.25) is 0 Å². The van der Waals surface area contributed by atoms with Crippen LogP contribution in [0.5, 0.6) is 0 Å². The first-order valence-corrected chi connectivity index (χ1v) is 10.5. The predicted molar refractivity (Wildman–Crippen MR) is 101 cm³/mol. The van der Waals surface area contributed by atoms with Crippen LogP contribution in [-0.4, -0.2) is 46.2 Å². The number of pyridine rings is 1. The minimum atomic E-state index is 0.102. The molecule has 2 aromatic rings. The molecule has 0 aromatic carbocycles. The summed E-state index contributed by atoms with van der Waals surface area (Å²) in [6.07, 6.45) is 8.69. The Morgan fingerprint density at radius 2 is 2.11 bits per heavy atom. The van der Waals surface area contributed by atoms with Crippen LogP contribution < -0.4 is 0 Å². The number of carbonyl (C=O) groups is 1. The minimum absolute atomic E-state index is 0.102. The molecule has 2 aliphatic carbocycles. The number of rotatable bonds is 4. The molecule has 3 aliphatic rings. The van der Waals surface area contributed by atoms with Gasteiger partial charge in [0, 0.05) is 18.2 Å². The van der Waals surface area contributed by atoms with Gasteiger partial charge >= 0.3 is 0 Å². The molecule has 6 heteroatoms. The van der Waals surface area contributed by atoms with Crippen LogP contribution in [0, 0.1) is 0 Å². The molecule has 0 N–H and O–H groups in total. The van der Waals surface area contributed by atoms with Crippen LogP contribution in [0.3, 0.4) is 0 Å². The molecule has 0 unspecified atom stereocenters. The second-order valence-corrected chi connectivity index (χ2v) is 8.19. The van der Waals surface area contributed by atoms with Gasteiger partial charge in [0.25, 0.3) is 11.6 Å². The number of fused-ring (bicyclic) bond motifs is 2. The van der Waals surface area contributed by atoms with E-state index in [0.717, 1.165) is 60.9 Å². The Balaban J connectivity index is 1.57. The third kappa shape index (κ3) is 3.04. The Kier molecular flexibility index (Phi) is 4.38. The Labute approximate surface area is 159 Å². The van der Waals surface area contributed by atoms with Gasteiger partial charge in [0.2, 0.25) is 0 Å². The number of hydrogen-bond acceptors (Lipinski definition) is 5. The zero-order chi connectivity index (χ0) is 18.4. The summed E-state index contributed by atoms with van der Waals surface area (Å²) in [5, 5.41) is 5.07. The lowest BCUT2D eigenvalue weighted by Gasteiger charge is -2.43. The van der Waals surface area contributed by atoms with Gasteiger partial charge < -0.3 is 14.2 Å². The molecule has 6 nitrogen and oxygen atoms in total. The van der Waals surface area contributed by atoms with Gasteiger partial charge in [-0.15, -0.1) is 0 Å². The first-order valence-electron chi connectivity index (χ1n) is 10.5. The summed E-state index contributed by atoms with van der Waals surface area (Å²) >= 11 is 0. The van der Waals surface area contributed by atoms with E-state index in [2.05, 4.69) is 22.0 Å². The maximum atomic E-state index is 13.7. The number of amides is 1. The molecule has 0 spiro atoms. The summed E-state index contributed by atoms with van der Waals surface area (Å²) in [6, 6.07) is 2.22. The Morgan fingerprint density at radius 3 is 2.93 bits per heavy atom. The van der Waals surface area contributed by atoms with Crippen LogP contribution in [0.25, 0.3) is 11.1 Å². The molecule has 2 saturated carbocycles. The summed E-state index contributed by atoms with van der Waals surface area (Å²) in [4.78, 5) is 20.4. The van der Waals surface area contributed by atoms with Crippen molar-refractivity contribution in [3.63, 3.8) is 0 Å². The molecule has 2 atom stereocenters. The molecule has 0 bridgehead atoms. The fourth-order valence-corrected chi connectivity index (χ4v) is 4.70. The Bertz CT molecular complexity index is 856. The first kappa shape index (κ1) is 17.2. The number of aromatic nitrogens is 2. The normalized spacial score (nSPS) is 25.6. The molecule has 1 amide bonds. The van der Waals surface area contributed by atoms with E-state index in [0.29, 0.717) is 24.8 Å². The molecular weight excluding hydrogens is 342 g/mol. The van der Waals surface area contributed by atoms with Gasteiger partial charge in [-0.25, -0.2) is 4.98 Å². The molecule has 144 valence electrons. The molecule has 1 saturated heterocycles. The van der Waals surface area contributed by atoms with Crippen molar-refractivity contribution in [1.29, 1.82) is 0 Å². The van der Waals surface area contributed by atoms with Crippen LogP contribution in [-0.2, 0) is 11.2 Å². The van der Waals surface area contributed by atoms with Gasteiger partial charge in [-0.1, -0.05) is 31.3 Å². The van der Waals surface area contributed by atoms with Crippen LogP contribution >= 0.6 is 0 Å². The number of morpholine rings is 1. The van der Waals surface area contributed by atoms with Gasteiger partial charge in [-0.2, -0.15) is 0 Å². The van der Waals surface area contributed by atoms with Gasteiger partial charge in [-0.3, -0.25) is 4.79 Å². The minimum Gasteiger partial charge on any atom is -0.374 e. The second kappa shape index (κ2) is 6.89. The smallest absolute Gasteiger partial charge is 0.259 e. The highest BCUT2D eigenvalue weighted by molar-refractivity contribution is 6.06. The Morgan fingerprint density at radius 1 is 1.26 bits per heavy atom. The fraction of sp³-hybridized carbons (Fsp3) is 0.667. The standard InChI is InChI=1S/C21H27N3O3/c1-2-5-15-19-14(12-16(13-8-9-13)22-20(19)27-23-15)21(25)24-10-11-26-18-7-4-3-6-17(18)24/h12-13,17-18H,2-11H2,1H3/t17-,18+/m1/s1. The van der Waals surface area contributed by atoms with E-state index in [9.17, 15) is 4.79 Å². The van der Waals surface area contributed by atoms with Crippen molar-refractivity contribution in [2.45, 2.75) is 76.4 Å². The quantitative estimate of drug-likeness (QED) is 0.819. The van der Waals surface area contributed by atoms with Gasteiger partial charge in [0.1, 0.15) is 0 Å². The van der Waals surface area contributed by atoms with Crippen molar-refractivity contribution >= 4 is 17.0 Å². The van der Waals surface area contributed by atoms with E-state index in [-0.39, 0.29) is 18.1 Å². The molecular formula is C21H27N3O3. The Hall–Kier alpha value is -1.95. The van der Waals surface area contributed by atoms with E-state index >= 15 is 0 Å². The van der Waals surface area contributed by atoms with Crippen molar-refractivity contribution < 1.29 is 14.1 Å². The van der Waals surface area contributed by atoms with E-state index in [1.54, 1.807) is 0 Å². The number of nitrogens with zero attached hydrogens (tertiary/aromatic N) is 3. The number of ether oxygens (including phenoxy) is 1. The van der Waals surface area contributed by atoms with Crippen molar-refractivity contribution in [2.75, 3.05) is 13.2 Å². The third-order valence-electron chi connectivity index (χ3n) is 6.24. The van der Waals surface area contributed by atoms with Crippen LogP contribution in [0.1, 0.15) is 79.5 Å². The average molecular weight is 369 g/mol. The molecule has 1 aliphatic heterocycles. The highest BCUT2D eigenvalue weighted by atomic mass is 16.5. The molecule has 3 heterocycles. The lowest BCUT2D eigenvalue weighted by molar-refractivity contribution is -0.0752. The van der Waals surface area contributed by atoms with Crippen molar-refractivity contribution in [3.8, 4) is 0 Å². The maximum Gasteiger partial charge on any atom is 0.259 e. The van der Waals surface area contributed by atoms with Crippen molar-refractivity contribution in [2.24, 2.45) is 0 Å². The maximum absolute atomic E-state index is 13.7. The van der Waals surface area contributed by atoms with Gasteiger partial charge in [-0.05, 0) is 38.2 Å². The summed E-state index contributed by atoms with van der Waals surface area (Å²) in [5.74, 6) is 0.567. The first-order chi connectivity index (χ1) is 13.3. The summed E-state index contributed by atoms with van der Waals surface area (Å²) in [6.45, 7) is 3.40. The lowest BCUT2D eigenvalue weighted by atomic mass is 9.89. The lowest BCUT2D eigenvalue weighted by Crippen LogP contribution is -2.54. The van der Waals surface area contributed by atoms with Crippen molar-refractivity contribution in [3.05, 3.63) is 23.0 Å². The molecule has 2 aromatic heterocycles. The largest absolute Gasteiger partial charge is 0.374 e. The summed E-state index contributed by atoms with van der Waals surface area (Å²) in [7, 11) is 0. The van der Waals surface area contributed by atoms with Crippen LogP contribution in [0.4, 0.5) is 0 Å². The van der Waals surface area contributed by atoms with Crippen molar-refractivity contribution in [1.82, 2.24) is 15.0 Å². The van der Waals surface area contributed by atoms with Crippen LogP contribution in [0.15, 0.2) is 10.6 Å². The SMILES string of the molecule is CCCc1noc2nc(C3CC3)cc(C(=O)N3CCO[C@H]4CCCC[C@H]43)c12. The molecule has 0 radical (unpaired) electrons. The van der Waals surface area contributed by atoms with E-state index < -0.39 is 0 Å². The average Bonchev–Trinajstić information content (AvgIpc) is 3.48. The zero-order valence-corrected chi connectivity index (χ0v) is 15.9. The van der Waals surface area contributed by atoms with E-state index in [1.807, 2.05) is 6.07 Å². The number of carbonyl (C=O) groups excluding carboxylic acids is 1. The van der Waals surface area contributed by atoms with Gasteiger partial charge in [0.05, 0.1) is 35.4 Å². The highest BCUT2D eigenvalue weighted by Gasteiger charge is 2.38. The second-order valence-electron chi connectivity index (χ2n) is 8.19. The van der Waals surface area contributed by atoms with Gasteiger partial charge in [0.15, 0.2) is 0 Å². The summed E-state index contributed by atoms with van der Waals surface area (Å²) < 4.78 is 11.5. The monoisotopic (exact) mass is 369 g/mol. The van der Waals surface area contributed by atoms with E-state index in [1.165, 1.54) is 12.8 Å². The fourth-order valence-electron chi connectivity index (χ4n) is 4.70. The highest BCUT2D eigenvalue weighted by Crippen LogP contribution is 2.41. The predicted octanol–water partition coefficient (Wildman–Crippen LogP) is 3.84. The number of aryl methyl sites for hydroxylation is 1. The molecule has 5 rings (SSSR count). The molecule has 3 fully saturated rings. The topological polar surface area (TPSA) is 68.5 Å². The zero-order valence-electron chi connectivity index (χ0n) is 15.9.